The summed E-state index contributed by atoms with van der Waals surface area (Å²) in [7, 11) is 0. The van der Waals surface area contributed by atoms with Crippen LogP contribution in [0.5, 0.6) is 5.75 Å². The van der Waals surface area contributed by atoms with Gasteiger partial charge in [0, 0.05) is 10.3 Å². The number of fused-ring (bicyclic) bond motifs is 1. The number of hydrogen-bond donors (Lipinski definition) is 1. The lowest BCUT2D eigenvalue weighted by atomic mass is 10.2. The maximum atomic E-state index is 9.85. The van der Waals surface area contributed by atoms with Crippen LogP contribution >= 0.6 is 11.3 Å². The van der Waals surface area contributed by atoms with E-state index in [9.17, 15) is 5.11 Å². The van der Waals surface area contributed by atoms with Gasteiger partial charge >= 0.3 is 0 Å². The number of phenolic OH excluding ortho intramolecular Hbond substituents is 1. The Labute approximate surface area is 122 Å². The summed E-state index contributed by atoms with van der Waals surface area (Å²) >= 11 is 1.60. The molecule has 0 aliphatic rings. The van der Waals surface area contributed by atoms with E-state index in [1.54, 1.807) is 35.6 Å². The fraction of sp³-hybridized carbons (Fsp3) is 0.125. The second-order valence-electron chi connectivity index (χ2n) is 4.23. The molecule has 0 amide bonds. The predicted octanol–water partition coefficient (Wildman–Crippen LogP) is 5.65. The molecule has 4 heteroatoms. The lowest BCUT2D eigenvalue weighted by Crippen LogP contribution is -1.71. The van der Waals surface area contributed by atoms with Crippen LogP contribution in [0.3, 0.4) is 0 Å². The monoisotopic (exact) mass is 284 g/mol. The number of phenols is 1. The van der Waals surface area contributed by atoms with Crippen molar-refractivity contribution in [1.29, 1.82) is 0 Å². The van der Waals surface area contributed by atoms with Crippen molar-refractivity contribution in [3.05, 3.63) is 59.7 Å². The number of nitrogens with zero attached hydrogens (tertiary/aromatic N) is 2. The Morgan fingerprint density at radius 3 is 2.90 bits per heavy atom. The van der Waals surface area contributed by atoms with Crippen molar-refractivity contribution < 1.29 is 5.11 Å². The highest BCUT2D eigenvalue weighted by Gasteiger charge is 2.08. The molecule has 1 N–H and O–H groups in total. The summed E-state index contributed by atoms with van der Waals surface area (Å²) in [4.78, 5) is 1.13. The molecule has 1 aromatic carbocycles. The lowest BCUT2D eigenvalue weighted by Gasteiger charge is -1.98. The van der Waals surface area contributed by atoms with E-state index in [4.69, 9.17) is 0 Å². The molecule has 0 atom stereocenters. The molecule has 0 bridgehead atoms. The number of rotatable bonds is 4. The second kappa shape index (κ2) is 6.30. The summed E-state index contributed by atoms with van der Waals surface area (Å²) in [5.41, 5.74) is 1.49. The average Bonchev–Trinajstić information content (AvgIpc) is 2.81. The Hall–Kier alpha value is -2.20. The van der Waals surface area contributed by atoms with Crippen LogP contribution in [0.25, 0.3) is 10.1 Å². The van der Waals surface area contributed by atoms with Gasteiger partial charge < -0.3 is 5.11 Å². The van der Waals surface area contributed by atoms with E-state index in [0.717, 1.165) is 26.3 Å². The molecule has 2 rings (SSSR count). The van der Waals surface area contributed by atoms with Gasteiger partial charge in [0.15, 0.2) is 0 Å². The van der Waals surface area contributed by atoms with Gasteiger partial charge in [0.25, 0.3) is 0 Å². The first-order valence-corrected chi connectivity index (χ1v) is 7.06. The van der Waals surface area contributed by atoms with E-state index in [2.05, 4.69) is 16.8 Å². The second-order valence-corrected chi connectivity index (χ2v) is 5.49. The topological polar surface area (TPSA) is 45.0 Å². The Bertz CT molecular complexity index is 723. The van der Waals surface area contributed by atoms with Crippen LogP contribution in [0.15, 0.2) is 65.0 Å². The molecule has 102 valence electrons. The van der Waals surface area contributed by atoms with E-state index in [1.165, 1.54) is 0 Å². The number of hydrogen-bond acceptors (Lipinski definition) is 4. The smallest absolute Gasteiger partial charge is 0.124 e. The van der Waals surface area contributed by atoms with Gasteiger partial charge in [-0.2, -0.15) is 5.11 Å². The zero-order valence-electron chi connectivity index (χ0n) is 11.5. The number of benzene rings is 1. The van der Waals surface area contributed by atoms with Crippen molar-refractivity contribution in [3.8, 4) is 5.75 Å². The molecule has 0 unspecified atom stereocenters. The molecule has 0 spiro atoms. The first-order chi connectivity index (χ1) is 9.65. The van der Waals surface area contributed by atoms with Crippen LogP contribution in [0, 0.1) is 6.92 Å². The minimum absolute atomic E-state index is 0.276. The molecular formula is C16H16N2OS. The first kappa shape index (κ1) is 14.2. The summed E-state index contributed by atoms with van der Waals surface area (Å²) < 4.78 is 0.949. The van der Waals surface area contributed by atoms with Crippen molar-refractivity contribution in [3.63, 3.8) is 0 Å². The van der Waals surface area contributed by atoms with Crippen LogP contribution in [0.2, 0.25) is 0 Å². The van der Waals surface area contributed by atoms with Gasteiger partial charge in [-0.05, 0) is 44.2 Å². The van der Waals surface area contributed by atoms with Gasteiger partial charge in [-0.3, -0.25) is 0 Å². The average molecular weight is 284 g/mol. The Balaban J connectivity index is 2.46. The normalized spacial score (nSPS) is 12.8. The number of azo groups is 1. The van der Waals surface area contributed by atoms with Gasteiger partial charge in [0.1, 0.15) is 11.4 Å². The molecule has 1 heterocycles. The van der Waals surface area contributed by atoms with E-state index in [-0.39, 0.29) is 5.75 Å². The SMILES string of the molecule is C=C/C=C(\C=C/C)N=Nc1ccc(O)c2cc(C)sc12. The zero-order chi connectivity index (χ0) is 14.5. The fourth-order valence-electron chi connectivity index (χ4n) is 1.82. The van der Waals surface area contributed by atoms with Crippen LogP contribution < -0.4 is 0 Å². The molecule has 0 aliphatic heterocycles. The molecule has 2 aromatic rings. The number of allylic oxidation sites excluding steroid dienone is 4. The van der Waals surface area contributed by atoms with E-state index >= 15 is 0 Å². The Morgan fingerprint density at radius 1 is 1.40 bits per heavy atom. The van der Waals surface area contributed by atoms with E-state index in [1.807, 2.05) is 32.1 Å². The molecule has 0 fully saturated rings. The third-order valence-corrected chi connectivity index (χ3v) is 3.74. The largest absolute Gasteiger partial charge is 0.507 e. The van der Waals surface area contributed by atoms with Gasteiger partial charge in [-0.15, -0.1) is 16.5 Å². The highest BCUT2D eigenvalue weighted by molar-refractivity contribution is 7.19. The standard InChI is InChI=1S/C16H16N2OS/c1-4-6-12(7-5-2)17-18-14-8-9-15(19)13-10-11(3)20-16(13)14/h4-10,19H,1H2,2-3H3/b7-5-,12-6+,18-17?. The lowest BCUT2D eigenvalue weighted by molar-refractivity contribution is 0.482. The van der Waals surface area contributed by atoms with Crippen molar-refractivity contribution >= 4 is 27.1 Å². The van der Waals surface area contributed by atoms with Gasteiger partial charge in [-0.25, -0.2) is 0 Å². The van der Waals surface area contributed by atoms with Crippen LogP contribution in [-0.4, -0.2) is 5.11 Å². The minimum Gasteiger partial charge on any atom is -0.507 e. The van der Waals surface area contributed by atoms with Gasteiger partial charge in [-0.1, -0.05) is 18.7 Å². The maximum Gasteiger partial charge on any atom is 0.124 e. The maximum absolute atomic E-state index is 9.85. The molecular weight excluding hydrogens is 268 g/mol. The van der Waals surface area contributed by atoms with Crippen molar-refractivity contribution in [2.75, 3.05) is 0 Å². The van der Waals surface area contributed by atoms with Crippen molar-refractivity contribution in [1.82, 2.24) is 0 Å². The number of thiophene rings is 1. The summed E-state index contributed by atoms with van der Waals surface area (Å²) in [6.07, 6.45) is 7.23. The predicted molar refractivity (Wildman–Crippen MR) is 85.8 cm³/mol. The van der Waals surface area contributed by atoms with Crippen LogP contribution in [0.4, 0.5) is 5.69 Å². The quantitative estimate of drug-likeness (QED) is 0.572. The summed E-state index contributed by atoms with van der Waals surface area (Å²) in [5, 5.41) is 19.2. The Kier molecular flexibility index (Phi) is 4.48. The Morgan fingerprint density at radius 2 is 2.20 bits per heavy atom. The summed E-state index contributed by atoms with van der Waals surface area (Å²) in [6, 6.07) is 5.38. The first-order valence-electron chi connectivity index (χ1n) is 6.25. The van der Waals surface area contributed by atoms with E-state index in [0.29, 0.717) is 0 Å². The van der Waals surface area contributed by atoms with Crippen molar-refractivity contribution in [2.24, 2.45) is 10.2 Å². The minimum atomic E-state index is 0.276. The fourth-order valence-corrected chi connectivity index (χ4v) is 2.81. The number of aryl methyl sites for hydroxylation is 1. The van der Waals surface area contributed by atoms with E-state index < -0.39 is 0 Å². The highest BCUT2D eigenvalue weighted by Crippen LogP contribution is 2.38. The van der Waals surface area contributed by atoms with Gasteiger partial charge in [0.2, 0.25) is 0 Å². The molecule has 1 aromatic heterocycles. The van der Waals surface area contributed by atoms with Crippen molar-refractivity contribution in [2.45, 2.75) is 13.8 Å². The molecule has 0 saturated heterocycles. The highest BCUT2D eigenvalue weighted by atomic mass is 32.1. The summed E-state index contributed by atoms with van der Waals surface area (Å²) in [6.45, 7) is 7.59. The molecule has 0 radical (unpaired) electrons. The molecule has 20 heavy (non-hydrogen) atoms. The molecule has 3 nitrogen and oxygen atoms in total. The van der Waals surface area contributed by atoms with Crippen LogP contribution in [-0.2, 0) is 0 Å². The summed E-state index contributed by atoms with van der Waals surface area (Å²) in [5.74, 6) is 0.276. The number of aromatic hydroxyl groups is 1. The van der Waals surface area contributed by atoms with Crippen LogP contribution in [0.1, 0.15) is 11.8 Å². The zero-order valence-corrected chi connectivity index (χ0v) is 12.3. The molecule has 0 aliphatic carbocycles. The third-order valence-electron chi connectivity index (χ3n) is 2.66. The van der Waals surface area contributed by atoms with Gasteiger partial charge in [0.05, 0.1) is 10.4 Å². The third kappa shape index (κ3) is 3.03. The molecule has 0 saturated carbocycles.